The maximum Gasteiger partial charge on any atom is 0.509 e. The molecule has 0 saturated heterocycles. The van der Waals surface area contributed by atoms with E-state index in [1.807, 2.05) is 6.26 Å². The normalized spacial score (nSPS) is 12.5. The van der Waals surface area contributed by atoms with Gasteiger partial charge < -0.3 is 9.47 Å². The third-order valence-corrected chi connectivity index (χ3v) is 4.37. The smallest absolute Gasteiger partial charge is 0.432 e. The maximum absolute atomic E-state index is 11.2. The lowest BCUT2D eigenvalue weighted by Crippen LogP contribution is -2.17. The van der Waals surface area contributed by atoms with E-state index >= 15 is 0 Å². The van der Waals surface area contributed by atoms with Gasteiger partial charge in [-0.15, -0.1) is 10.2 Å². The van der Waals surface area contributed by atoms with E-state index in [9.17, 15) is 4.79 Å². The molecule has 0 N–H and O–H groups in total. The van der Waals surface area contributed by atoms with Crippen LogP contribution in [0.4, 0.5) is 4.79 Å². The second kappa shape index (κ2) is 7.07. The van der Waals surface area contributed by atoms with Crippen molar-refractivity contribution in [1.82, 2.24) is 10.2 Å². The molecule has 1 aromatic heterocycles. The first-order chi connectivity index (χ1) is 8.01. The molecule has 0 aliphatic heterocycles. The average molecular weight is 294 g/mol. The van der Waals surface area contributed by atoms with Gasteiger partial charge in [0.25, 0.3) is 0 Å². The lowest BCUT2D eigenvalue weighted by atomic mass is 10.5. The van der Waals surface area contributed by atoms with Crippen LogP contribution in [0.2, 0.25) is 0 Å². The highest BCUT2D eigenvalue weighted by atomic mass is 32.2. The highest BCUT2D eigenvalue weighted by molar-refractivity contribution is 8.03. The Morgan fingerprint density at radius 1 is 1.24 bits per heavy atom. The lowest BCUT2D eigenvalue weighted by Gasteiger charge is -2.12. The Balaban J connectivity index is 2.38. The summed E-state index contributed by atoms with van der Waals surface area (Å²) in [6.07, 6.45) is 1.11. The molecule has 1 atom stereocenters. The second-order valence-corrected chi connectivity index (χ2v) is 6.83. The van der Waals surface area contributed by atoms with Gasteiger partial charge in [-0.3, -0.25) is 0 Å². The molecule has 5 nitrogen and oxygen atoms in total. The maximum atomic E-state index is 11.2. The summed E-state index contributed by atoms with van der Waals surface area (Å²) in [6.45, 7) is 5.32. The van der Waals surface area contributed by atoms with Gasteiger partial charge in [-0.25, -0.2) is 4.79 Å². The van der Waals surface area contributed by atoms with E-state index in [0.717, 1.165) is 8.68 Å². The lowest BCUT2D eigenvalue weighted by molar-refractivity contribution is 0.0312. The molecule has 0 aliphatic carbocycles. The van der Waals surface area contributed by atoms with Crippen molar-refractivity contribution < 1.29 is 14.3 Å². The molecule has 0 unspecified atom stereocenters. The number of nitrogens with zero attached hydrogens (tertiary/aromatic N) is 2. The average Bonchev–Trinajstić information content (AvgIpc) is 2.63. The number of thioether (sulfide) groups is 2. The van der Waals surface area contributed by atoms with Crippen LogP contribution < -0.4 is 0 Å². The summed E-state index contributed by atoms with van der Waals surface area (Å²) in [4.78, 5) is 11.2. The minimum Gasteiger partial charge on any atom is -0.432 e. The van der Waals surface area contributed by atoms with Gasteiger partial charge in [0.2, 0.25) is 0 Å². The van der Waals surface area contributed by atoms with E-state index in [0.29, 0.717) is 0 Å². The number of carbonyl (C=O) groups is 1. The zero-order chi connectivity index (χ0) is 12.8. The number of ether oxygens (including phenoxy) is 2. The first-order valence-electron chi connectivity index (χ1n) is 4.92. The fourth-order valence-electron chi connectivity index (χ4n) is 0.849. The molecule has 0 amide bonds. The molecule has 0 fully saturated rings. The molecule has 0 saturated carbocycles. The largest absolute Gasteiger partial charge is 0.509 e. The van der Waals surface area contributed by atoms with E-state index in [1.54, 1.807) is 20.8 Å². The molecule has 96 valence electrons. The van der Waals surface area contributed by atoms with Crippen molar-refractivity contribution in [1.29, 1.82) is 0 Å². The number of hydrogen-bond donors (Lipinski definition) is 0. The Hall–Kier alpha value is -0.470. The van der Waals surface area contributed by atoms with E-state index < -0.39 is 6.16 Å². The van der Waals surface area contributed by atoms with Crippen LogP contribution in [-0.2, 0) is 9.47 Å². The molecule has 0 radical (unpaired) electrons. The van der Waals surface area contributed by atoms with Gasteiger partial charge in [0.05, 0.1) is 6.10 Å². The fourth-order valence-corrected chi connectivity index (χ4v) is 3.35. The third-order valence-electron chi connectivity index (χ3n) is 1.42. The van der Waals surface area contributed by atoms with Gasteiger partial charge in [-0.1, -0.05) is 23.1 Å². The van der Waals surface area contributed by atoms with Gasteiger partial charge in [-0.2, -0.15) is 0 Å². The topological polar surface area (TPSA) is 61.3 Å². The standard InChI is InChI=1S/C9H14N2O3S3/c1-5(2)13-9(12)14-6(3)16-8-11-10-7(15-4)17-8/h5-6H,1-4H3/t6-/m0/s1. The highest BCUT2D eigenvalue weighted by Crippen LogP contribution is 2.30. The summed E-state index contributed by atoms with van der Waals surface area (Å²) in [5.41, 5.74) is -0.344. The molecular formula is C9H14N2O3S3. The summed E-state index contributed by atoms with van der Waals surface area (Å²) in [7, 11) is 0. The van der Waals surface area contributed by atoms with Crippen molar-refractivity contribution in [2.24, 2.45) is 0 Å². The van der Waals surface area contributed by atoms with Crippen LogP contribution in [0.15, 0.2) is 8.68 Å². The predicted molar refractivity (Wildman–Crippen MR) is 69.7 cm³/mol. The van der Waals surface area contributed by atoms with Crippen molar-refractivity contribution in [2.45, 2.75) is 41.0 Å². The van der Waals surface area contributed by atoms with Crippen LogP contribution in [0.3, 0.4) is 0 Å². The Morgan fingerprint density at radius 3 is 2.41 bits per heavy atom. The fraction of sp³-hybridized carbons (Fsp3) is 0.667. The molecule has 0 aliphatic rings. The molecule has 0 aromatic carbocycles. The zero-order valence-corrected chi connectivity index (χ0v) is 12.4. The number of hydrogen-bond acceptors (Lipinski definition) is 8. The quantitative estimate of drug-likeness (QED) is 0.469. The van der Waals surface area contributed by atoms with E-state index in [2.05, 4.69) is 10.2 Å². The van der Waals surface area contributed by atoms with Crippen LogP contribution in [0.25, 0.3) is 0 Å². The summed E-state index contributed by atoms with van der Waals surface area (Å²) in [5, 5.41) is 7.93. The van der Waals surface area contributed by atoms with E-state index in [1.165, 1.54) is 34.9 Å². The van der Waals surface area contributed by atoms with Gasteiger partial charge in [0, 0.05) is 0 Å². The minimum absolute atomic E-state index is 0.177. The highest BCUT2D eigenvalue weighted by Gasteiger charge is 2.15. The zero-order valence-electron chi connectivity index (χ0n) is 10.00. The molecule has 0 bridgehead atoms. The number of rotatable bonds is 5. The second-order valence-electron chi connectivity index (χ2n) is 3.26. The Labute approximate surface area is 113 Å². The summed E-state index contributed by atoms with van der Waals surface area (Å²) < 4.78 is 11.6. The molecule has 1 heterocycles. The Kier molecular flexibility index (Phi) is 6.07. The van der Waals surface area contributed by atoms with Crippen LogP contribution in [-0.4, -0.2) is 34.1 Å². The molecular weight excluding hydrogens is 280 g/mol. The van der Waals surface area contributed by atoms with Crippen molar-refractivity contribution in [3.05, 3.63) is 0 Å². The minimum atomic E-state index is -0.658. The van der Waals surface area contributed by atoms with Crippen LogP contribution >= 0.6 is 34.9 Å². The Bertz CT molecular complexity index is 370. The van der Waals surface area contributed by atoms with Gasteiger partial charge >= 0.3 is 6.16 Å². The third kappa shape index (κ3) is 5.60. The Morgan fingerprint density at radius 2 is 1.88 bits per heavy atom. The number of aromatic nitrogens is 2. The van der Waals surface area contributed by atoms with Crippen LogP contribution in [0.5, 0.6) is 0 Å². The van der Waals surface area contributed by atoms with Crippen molar-refractivity contribution in [3.63, 3.8) is 0 Å². The van der Waals surface area contributed by atoms with Crippen molar-refractivity contribution in [3.8, 4) is 0 Å². The summed E-state index contributed by atoms with van der Waals surface area (Å²) in [5.74, 6) is 0. The molecule has 0 spiro atoms. The van der Waals surface area contributed by atoms with Crippen LogP contribution in [0, 0.1) is 0 Å². The summed E-state index contributed by atoms with van der Waals surface area (Å²) >= 11 is 4.36. The summed E-state index contributed by atoms with van der Waals surface area (Å²) in [6, 6.07) is 0. The van der Waals surface area contributed by atoms with E-state index in [4.69, 9.17) is 9.47 Å². The van der Waals surface area contributed by atoms with Crippen molar-refractivity contribution in [2.75, 3.05) is 6.26 Å². The molecule has 8 heteroatoms. The van der Waals surface area contributed by atoms with Crippen LogP contribution in [0.1, 0.15) is 20.8 Å². The molecule has 1 aromatic rings. The van der Waals surface area contributed by atoms with E-state index in [-0.39, 0.29) is 11.5 Å². The predicted octanol–water partition coefficient (Wildman–Crippen LogP) is 3.26. The van der Waals surface area contributed by atoms with Crippen molar-refractivity contribution >= 4 is 41.0 Å². The van der Waals surface area contributed by atoms with Gasteiger partial charge in [0.1, 0.15) is 0 Å². The first-order valence-corrected chi connectivity index (χ1v) is 7.84. The SMILES string of the molecule is CSc1nnc(S[C@@H](C)OC(=O)OC(C)C)s1. The first kappa shape index (κ1) is 14.6. The number of carbonyl (C=O) groups excluding carboxylic acids is 1. The molecule has 1 rings (SSSR count). The van der Waals surface area contributed by atoms with Gasteiger partial charge in [-0.05, 0) is 38.8 Å². The van der Waals surface area contributed by atoms with Gasteiger partial charge in [0.15, 0.2) is 14.1 Å². The monoisotopic (exact) mass is 294 g/mol. The molecule has 17 heavy (non-hydrogen) atoms.